The highest BCUT2D eigenvalue weighted by Gasteiger charge is 2.03. The Hall–Kier alpha value is -1.06. The largest absolute Gasteiger partial charge is 0.380 e. The topological polar surface area (TPSA) is 24.5 Å². The molecule has 1 aromatic carbocycles. The van der Waals surface area contributed by atoms with Crippen LogP contribution in [0.15, 0.2) is 24.3 Å². The minimum Gasteiger partial charge on any atom is -0.380 e. The maximum absolute atomic E-state index is 5.40. The van der Waals surface area contributed by atoms with Gasteiger partial charge in [-0.15, -0.1) is 0 Å². The monoisotopic (exact) mass is 236 g/mol. The van der Waals surface area contributed by atoms with Crippen LogP contribution in [-0.4, -0.2) is 33.4 Å². The smallest absolute Gasteiger partial charge is 0.0641 e. The van der Waals surface area contributed by atoms with E-state index in [0.29, 0.717) is 0 Å². The molecule has 17 heavy (non-hydrogen) atoms. The summed E-state index contributed by atoms with van der Waals surface area (Å²) >= 11 is 0. The molecule has 0 aliphatic rings. The molecule has 0 amide bonds. The molecule has 3 heteroatoms. The Morgan fingerprint density at radius 2 is 1.88 bits per heavy atom. The Labute approximate surface area is 105 Å². The third-order valence-electron chi connectivity index (χ3n) is 2.77. The average Bonchev–Trinajstić information content (AvgIpc) is 2.36. The van der Waals surface area contributed by atoms with Gasteiger partial charge in [-0.2, -0.15) is 0 Å². The van der Waals surface area contributed by atoms with E-state index in [1.165, 1.54) is 11.3 Å². The lowest BCUT2D eigenvalue weighted by Gasteiger charge is -2.23. The van der Waals surface area contributed by atoms with Gasteiger partial charge in [0, 0.05) is 31.9 Å². The Bertz CT molecular complexity index is 298. The van der Waals surface area contributed by atoms with Crippen molar-refractivity contribution in [2.45, 2.75) is 20.4 Å². The quantitative estimate of drug-likeness (QED) is 0.701. The highest BCUT2D eigenvalue weighted by atomic mass is 16.5. The summed E-state index contributed by atoms with van der Waals surface area (Å²) in [6, 6.07) is 8.72. The Kier molecular flexibility index (Phi) is 6.67. The van der Waals surface area contributed by atoms with E-state index in [0.717, 1.165) is 32.8 Å². The molecule has 0 atom stereocenters. The molecular weight excluding hydrogens is 212 g/mol. The number of nitrogens with zero attached hydrogens (tertiary/aromatic N) is 1. The predicted molar refractivity (Wildman–Crippen MR) is 73.6 cm³/mol. The fourth-order valence-electron chi connectivity index (χ4n) is 1.82. The zero-order valence-corrected chi connectivity index (χ0v) is 11.2. The first-order valence-corrected chi connectivity index (χ1v) is 6.38. The first-order chi connectivity index (χ1) is 8.31. The number of hydrogen-bond acceptors (Lipinski definition) is 3. The van der Waals surface area contributed by atoms with E-state index in [4.69, 9.17) is 4.74 Å². The van der Waals surface area contributed by atoms with E-state index >= 15 is 0 Å². The van der Waals surface area contributed by atoms with Crippen LogP contribution in [-0.2, 0) is 11.3 Å². The van der Waals surface area contributed by atoms with Crippen molar-refractivity contribution in [2.24, 2.45) is 0 Å². The van der Waals surface area contributed by atoms with Crippen LogP contribution in [0, 0.1) is 0 Å². The van der Waals surface area contributed by atoms with Crippen molar-refractivity contribution in [3.8, 4) is 0 Å². The van der Waals surface area contributed by atoms with Crippen molar-refractivity contribution >= 4 is 5.69 Å². The van der Waals surface area contributed by atoms with Crippen LogP contribution in [0.4, 0.5) is 5.69 Å². The number of likely N-dealkylation sites (N-methyl/N-ethyl adjacent to an activating group) is 1. The number of rotatable bonds is 8. The SMILES string of the molecule is CCOCCN(CC)c1ccc(CNC)cc1. The number of hydrogen-bond donors (Lipinski definition) is 1. The number of anilines is 1. The van der Waals surface area contributed by atoms with E-state index in [-0.39, 0.29) is 0 Å². The zero-order chi connectivity index (χ0) is 12.5. The Morgan fingerprint density at radius 3 is 2.41 bits per heavy atom. The Balaban J connectivity index is 2.55. The fraction of sp³-hybridized carbons (Fsp3) is 0.571. The van der Waals surface area contributed by atoms with E-state index in [2.05, 4.69) is 41.4 Å². The Morgan fingerprint density at radius 1 is 1.18 bits per heavy atom. The summed E-state index contributed by atoms with van der Waals surface area (Å²) in [6.07, 6.45) is 0. The second-order valence-electron chi connectivity index (χ2n) is 3.97. The predicted octanol–water partition coefficient (Wildman–Crippen LogP) is 2.27. The van der Waals surface area contributed by atoms with Crippen LogP contribution in [0.2, 0.25) is 0 Å². The second-order valence-corrected chi connectivity index (χ2v) is 3.97. The molecule has 0 heterocycles. The van der Waals surface area contributed by atoms with E-state index in [1.54, 1.807) is 0 Å². The van der Waals surface area contributed by atoms with Crippen LogP contribution < -0.4 is 10.2 Å². The maximum atomic E-state index is 5.40. The molecule has 96 valence electrons. The summed E-state index contributed by atoms with van der Waals surface area (Å²) in [5.41, 5.74) is 2.59. The maximum Gasteiger partial charge on any atom is 0.0641 e. The summed E-state index contributed by atoms with van der Waals surface area (Å²) in [6.45, 7) is 8.68. The van der Waals surface area contributed by atoms with Crippen LogP contribution in [0.1, 0.15) is 19.4 Å². The van der Waals surface area contributed by atoms with Gasteiger partial charge in [0.15, 0.2) is 0 Å². The van der Waals surface area contributed by atoms with Gasteiger partial charge in [0.05, 0.1) is 6.61 Å². The lowest BCUT2D eigenvalue weighted by atomic mass is 10.2. The molecule has 0 fully saturated rings. The molecule has 1 N–H and O–H groups in total. The van der Waals surface area contributed by atoms with E-state index in [1.807, 2.05) is 14.0 Å². The lowest BCUT2D eigenvalue weighted by Crippen LogP contribution is -2.27. The van der Waals surface area contributed by atoms with Crippen molar-refractivity contribution in [2.75, 3.05) is 38.3 Å². The lowest BCUT2D eigenvalue weighted by molar-refractivity contribution is 0.154. The summed E-state index contributed by atoms with van der Waals surface area (Å²) in [4.78, 5) is 2.33. The molecule has 3 nitrogen and oxygen atoms in total. The molecule has 0 saturated carbocycles. The van der Waals surface area contributed by atoms with Gasteiger partial charge >= 0.3 is 0 Å². The summed E-state index contributed by atoms with van der Waals surface area (Å²) < 4.78 is 5.40. The van der Waals surface area contributed by atoms with Gasteiger partial charge in [0.1, 0.15) is 0 Å². The van der Waals surface area contributed by atoms with Crippen LogP contribution in [0.5, 0.6) is 0 Å². The number of benzene rings is 1. The molecule has 0 aliphatic carbocycles. The summed E-state index contributed by atoms with van der Waals surface area (Å²) in [5.74, 6) is 0. The van der Waals surface area contributed by atoms with Crippen molar-refractivity contribution < 1.29 is 4.74 Å². The average molecular weight is 236 g/mol. The van der Waals surface area contributed by atoms with E-state index < -0.39 is 0 Å². The molecule has 1 rings (SSSR count). The van der Waals surface area contributed by atoms with Crippen LogP contribution in [0.3, 0.4) is 0 Å². The molecule has 0 spiro atoms. The highest BCUT2D eigenvalue weighted by Crippen LogP contribution is 2.14. The number of nitrogens with one attached hydrogen (secondary N) is 1. The molecule has 0 aromatic heterocycles. The van der Waals surface area contributed by atoms with Crippen LogP contribution in [0.25, 0.3) is 0 Å². The van der Waals surface area contributed by atoms with Gasteiger partial charge in [-0.05, 0) is 38.6 Å². The molecular formula is C14H24N2O. The van der Waals surface area contributed by atoms with Gasteiger partial charge in [0.2, 0.25) is 0 Å². The van der Waals surface area contributed by atoms with Crippen molar-refractivity contribution in [1.29, 1.82) is 0 Å². The minimum atomic E-state index is 0.790. The summed E-state index contributed by atoms with van der Waals surface area (Å²) in [5, 5.41) is 3.15. The zero-order valence-electron chi connectivity index (χ0n) is 11.2. The fourth-order valence-corrected chi connectivity index (χ4v) is 1.82. The van der Waals surface area contributed by atoms with Gasteiger partial charge in [0.25, 0.3) is 0 Å². The van der Waals surface area contributed by atoms with Crippen LogP contribution >= 0.6 is 0 Å². The van der Waals surface area contributed by atoms with Crippen molar-refractivity contribution in [1.82, 2.24) is 5.32 Å². The molecule has 0 radical (unpaired) electrons. The molecule has 1 aromatic rings. The normalized spacial score (nSPS) is 10.5. The summed E-state index contributed by atoms with van der Waals surface area (Å²) in [7, 11) is 1.97. The van der Waals surface area contributed by atoms with Crippen molar-refractivity contribution in [3.63, 3.8) is 0 Å². The third-order valence-corrected chi connectivity index (χ3v) is 2.77. The third kappa shape index (κ3) is 4.75. The first kappa shape index (κ1) is 14.0. The first-order valence-electron chi connectivity index (χ1n) is 6.38. The standard InChI is InChI=1S/C14H24N2O/c1-4-16(10-11-17-5-2)14-8-6-13(7-9-14)12-15-3/h6-9,15H,4-5,10-12H2,1-3H3. The second kappa shape index (κ2) is 8.09. The van der Waals surface area contributed by atoms with Gasteiger partial charge < -0.3 is 15.0 Å². The molecule has 0 unspecified atom stereocenters. The van der Waals surface area contributed by atoms with Gasteiger partial charge in [-0.1, -0.05) is 12.1 Å². The molecule has 0 saturated heterocycles. The number of ether oxygens (including phenoxy) is 1. The molecule has 0 aliphatic heterocycles. The van der Waals surface area contributed by atoms with Gasteiger partial charge in [-0.3, -0.25) is 0 Å². The minimum absolute atomic E-state index is 0.790. The van der Waals surface area contributed by atoms with E-state index in [9.17, 15) is 0 Å². The molecule has 0 bridgehead atoms. The van der Waals surface area contributed by atoms with Crippen molar-refractivity contribution in [3.05, 3.63) is 29.8 Å². The van der Waals surface area contributed by atoms with Gasteiger partial charge in [-0.25, -0.2) is 0 Å². The highest BCUT2D eigenvalue weighted by molar-refractivity contribution is 5.47.